The van der Waals surface area contributed by atoms with E-state index in [1.54, 1.807) is 14.1 Å². The number of hydrogen-bond donors (Lipinski definition) is 0. The fourth-order valence-corrected chi connectivity index (χ4v) is 3.61. The third-order valence-electron chi connectivity index (χ3n) is 4.78. The van der Waals surface area contributed by atoms with Crippen molar-refractivity contribution in [2.45, 2.75) is 12.1 Å². The van der Waals surface area contributed by atoms with E-state index in [0.29, 0.717) is 0 Å². The molecule has 20 heavy (non-hydrogen) atoms. The summed E-state index contributed by atoms with van der Waals surface area (Å²) in [6.07, 6.45) is 0. The van der Waals surface area contributed by atoms with Crippen LogP contribution in [0, 0.1) is 11.8 Å². The molecule has 0 radical (unpaired) electrons. The Hall–Kier alpha value is -2.12. The average Bonchev–Trinajstić information content (AvgIpc) is 2.39. The van der Waals surface area contributed by atoms with Crippen LogP contribution in [0.2, 0.25) is 0 Å². The van der Waals surface area contributed by atoms with Gasteiger partial charge in [-0.25, -0.2) is 9.59 Å². The Morgan fingerprint density at radius 3 is 1.25 bits per heavy atom. The van der Waals surface area contributed by atoms with Gasteiger partial charge in [-0.15, -0.1) is 0 Å². The lowest BCUT2D eigenvalue weighted by atomic mass is 9.60. The molecule has 8 heteroatoms. The first-order valence-electron chi connectivity index (χ1n) is 6.37. The van der Waals surface area contributed by atoms with Gasteiger partial charge in [0.15, 0.2) is 0 Å². The Morgan fingerprint density at radius 2 is 0.950 bits per heavy atom. The first kappa shape index (κ1) is 12.9. The number of carbonyl (C=O) groups excluding carboxylic acids is 4. The zero-order chi connectivity index (χ0) is 14.9. The molecule has 1 saturated carbocycles. The van der Waals surface area contributed by atoms with Crippen molar-refractivity contribution in [1.82, 2.24) is 19.6 Å². The van der Waals surface area contributed by atoms with Gasteiger partial charge >= 0.3 is 12.1 Å². The Kier molecular flexibility index (Phi) is 2.39. The maximum atomic E-state index is 12.2. The highest BCUT2D eigenvalue weighted by atomic mass is 16.2. The lowest BCUT2D eigenvalue weighted by Crippen LogP contribution is -2.81. The molecular formula is C12H16N4O4. The first-order valence-corrected chi connectivity index (χ1v) is 6.37. The van der Waals surface area contributed by atoms with Crippen LogP contribution in [-0.2, 0) is 9.59 Å². The lowest BCUT2D eigenvalue weighted by molar-refractivity contribution is -0.173. The summed E-state index contributed by atoms with van der Waals surface area (Å²) < 4.78 is 0. The van der Waals surface area contributed by atoms with E-state index in [4.69, 9.17) is 0 Å². The standard InChI is InChI=1S/C12H16N4O4/c1-13-7-5(9(17)15(3)11(13)19)6-8(7)14(2)12(20)16(4)10(6)18/h5-8H,1-4H3/t5-,6-,7-,8-/m1/s1. The second kappa shape index (κ2) is 3.71. The summed E-state index contributed by atoms with van der Waals surface area (Å²) in [6, 6.07) is -1.63. The molecular weight excluding hydrogens is 264 g/mol. The minimum absolute atomic E-state index is 0.344. The van der Waals surface area contributed by atoms with E-state index in [0.717, 1.165) is 9.80 Å². The van der Waals surface area contributed by atoms with E-state index in [9.17, 15) is 19.2 Å². The van der Waals surface area contributed by atoms with Crippen molar-refractivity contribution in [3.05, 3.63) is 0 Å². The van der Waals surface area contributed by atoms with Crippen LogP contribution in [-0.4, -0.2) is 83.8 Å². The Morgan fingerprint density at radius 1 is 0.650 bits per heavy atom. The summed E-state index contributed by atoms with van der Waals surface area (Å²) in [5, 5.41) is 0. The number of carbonyl (C=O) groups is 4. The number of rotatable bonds is 0. The van der Waals surface area contributed by atoms with Gasteiger partial charge < -0.3 is 9.80 Å². The molecule has 3 aliphatic rings. The molecule has 0 unspecified atom stereocenters. The van der Waals surface area contributed by atoms with Gasteiger partial charge in [0.25, 0.3) is 0 Å². The predicted octanol–water partition coefficient (Wildman–Crippen LogP) is -0.983. The van der Waals surface area contributed by atoms with Gasteiger partial charge in [0.1, 0.15) is 0 Å². The van der Waals surface area contributed by atoms with Gasteiger partial charge in [-0.2, -0.15) is 0 Å². The summed E-state index contributed by atoms with van der Waals surface area (Å²) in [6.45, 7) is 0. The fraction of sp³-hybridized carbons (Fsp3) is 0.667. The van der Waals surface area contributed by atoms with Gasteiger partial charge in [0.05, 0.1) is 23.9 Å². The number of hydrogen-bond acceptors (Lipinski definition) is 4. The molecule has 8 nitrogen and oxygen atoms in total. The molecule has 2 heterocycles. The normalized spacial score (nSPS) is 37.0. The SMILES string of the molecule is CN1C(=O)[C@@H]2[C@H]3C(=O)N(C)C(=O)N(C)[C@H]3[C@@H]2N(C)C1=O. The molecule has 0 bridgehead atoms. The Balaban J connectivity index is 2.02. The molecule has 2 aliphatic heterocycles. The van der Waals surface area contributed by atoms with Crippen molar-refractivity contribution in [2.24, 2.45) is 11.8 Å². The largest absolute Gasteiger partial charge is 0.326 e. The number of imide groups is 2. The zero-order valence-electron chi connectivity index (χ0n) is 11.7. The summed E-state index contributed by atoms with van der Waals surface area (Å²) in [7, 11) is 6.02. The van der Waals surface area contributed by atoms with Crippen LogP contribution in [0.4, 0.5) is 9.59 Å². The van der Waals surface area contributed by atoms with Crippen molar-refractivity contribution in [3.63, 3.8) is 0 Å². The monoisotopic (exact) mass is 280 g/mol. The van der Waals surface area contributed by atoms with Crippen LogP contribution in [0.5, 0.6) is 0 Å². The molecule has 0 N–H and O–H groups in total. The minimum atomic E-state index is -0.557. The highest BCUT2D eigenvalue weighted by molar-refractivity contribution is 6.06. The fourth-order valence-electron chi connectivity index (χ4n) is 3.61. The molecule has 3 fully saturated rings. The molecule has 0 spiro atoms. The summed E-state index contributed by atoms with van der Waals surface area (Å²) in [5.41, 5.74) is 0. The molecule has 4 atom stereocenters. The van der Waals surface area contributed by atoms with E-state index in [1.807, 2.05) is 0 Å². The van der Waals surface area contributed by atoms with Crippen LogP contribution in [0.15, 0.2) is 0 Å². The summed E-state index contributed by atoms with van der Waals surface area (Å²) in [5.74, 6) is -1.80. The van der Waals surface area contributed by atoms with Gasteiger partial charge in [0.2, 0.25) is 11.8 Å². The molecule has 108 valence electrons. The molecule has 3 rings (SSSR count). The van der Waals surface area contributed by atoms with Crippen molar-refractivity contribution in [2.75, 3.05) is 28.2 Å². The third kappa shape index (κ3) is 1.21. The van der Waals surface area contributed by atoms with Crippen molar-refractivity contribution in [3.8, 4) is 0 Å². The molecule has 6 amide bonds. The van der Waals surface area contributed by atoms with Crippen LogP contribution < -0.4 is 0 Å². The summed E-state index contributed by atoms with van der Waals surface area (Å²) in [4.78, 5) is 53.4. The zero-order valence-corrected chi connectivity index (χ0v) is 11.7. The molecule has 2 saturated heterocycles. The Bertz CT molecular complexity index is 500. The van der Waals surface area contributed by atoms with E-state index >= 15 is 0 Å². The van der Waals surface area contributed by atoms with Crippen molar-refractivity contribution in [1.29, 1.82) is 0 Å². The highest BCUT2D eigenvalue weighted by Gasteiger charge is 2.68. The van der Waals surface area contributed by atoms with E-state index in [2.05, 4.69) is 0 Å². The van der Waals surface area contributed by atoms with Crippen molar-refractivity contribution >= 4 is 23.9 Å². The Labute approximate surface area is 115 Å². The van der Waals surface area contributed by atoms with E-state index < -0.39 is 36.0 Å². The molecule has 0 aromatic heterocycles. The predicted molar refractivity (Wildman–Crippen MR) is 66.4 cm³/mol. The molecule has 0 aromatic rings. The van der Waals surface area contributed by atoms with Crippen molar-refractivity contribution < 1.29 is 19.2 Å². The third-order valence-corrected chi connectivity index (χ3v) is 4.78. The number of nitrogens with zero attached hydrogens (tertiary/aromatic N) is 4. The van der Waals surface area contributed by atoms with Crippen LogP contribution in [0.3, 0.4) is 0 Å². The minimum Gasteiger partial charge on any atom is -0.321 e. The average molecular weight is 280 g/mol. The van der Waals surface area contributed by atoms with Crippen LogP contribution in [0.1, 0.15) is 0 Å². The van der Waals surface area contributed by atoms with Crippen LogP contribution >= 0.6 is 0 Å². The quantitative estimate of drug-likeness (QED) is 0.571. The van der Waals surface area contributed by atoms with Gasteiger partial charge in [-0.05, 0) is 0 Å². The van der Waals surface area contributed by atoms with Crippen LogP contribution in [0.25, 0.3) is 0 Å². The topological polar surface area (TPSA) is 81.2 Å². The lowest BCUT2D eigenvalue weighted by Gasteiger charge is -2.61. The number of likely N-dealkylation sites (N-methyl/N-ethyl adjacent to an activating group) is 2. The van der Waals surface area contributed by atoms with Gasteiger partial charge in [0, 0.05) is 28.2 Å². The number of urea groups is 2. The maximum absolute atomic E-state index is 12.2. The van der Waals surface area contributed by atoms with E-state index in [-0.39, 0.29) is 11.8 Å². The van der Waals surface area contributed by atoms with E-state index in [1.165, 1.54) is 23.9 Å². The van der Waals surface area contributed by atoms with Gasteiger partial charge in [-0.3, -0.25) is 19.4 Å². The molecule has 1 aliphatic carbocycles. The first-order chi connectivity index (χ1) is 9.29. The number of amides is 6. The second-order valence-corrected chi connectivity index (χ2v) is 5.61. The number of fused-ring (bicyclic) bond motifs is 4. The highest BCUT2D eigenvalue weighted by Crippen LogP contribution is 2.47. The summed E-state index contributed by atoms with van der Waals surface area (Å²) >= 11 is 0. The molecule has 0 aromatic carbocycles. The maximum Gasteiger partial charge on any atom is 0.326 e. The smallest absolute Gasteiger partial charge is 0.321 e. The second-order valence-electron chi connectivity index (χ2n) is 5.61. The van der Waals surface area contributed by atoms with Gasteiger partial charge in [-0.1, -0.05) is 0 Å².